The van der Waals surface area contributed by atoms with Gasteiger partial charge in [-0.15, -0.1) is 0 Å². The highest BCUT2D eigenvalue weighted by Crippen LogP contribution is 2.09. The first-order valence-corrected chi connectivity index (χ1v) is 11.0. The molecule has 0 bridgehead atoms. The van der Waals surface area contributed by atoms with Crippen molar-refractivity contribution in [3.8, 4) is 0 Å². The summed E-state index contributed by atoms with van der Waals surface area (Å²) < 4.78 is 0. The van der Waals surface area contributed by atoms with Gasteiger partial charge in [0.2, 0.25) is 5.91 Å². The molecule has 1 saturated heterocycles. The fourth-order valence-electron chi connectivity index (χ4n) is 4.01. The van der Waals surface area contributed by atoms with Crippen LogP contribution in [0.15, 0.2) is 60.7 Å². The number of nitrogens with one attached hydrogen (secondary N) is 1. The summed E-state index contributed by atoms with van der Waals surface area (Å²) >= 11 is 0. The number of piperazine rings is 1. The number of nitrogens with zero attached hydrogens (tertiary/aromatic N) is 2. The Bertz CT molecular complexity index is 711. The van der Waals surface area contributed by atoms with Crippen molar-refractivity contribution in [2.75, 3.05) is 32.7 Å². The van der Waals surface area contributed by atoms with E-state index in [1.54, 1.807) is 0 Å². The maximum Gasteiger partial charge on any atom is 0.220 e. The van der Waals surface area contributed by atoms with Gasteiger partial charge in [-0.05, 0) is 37.3 Å². The molecule has 1 aliphatic heterocycles. The van der Waals surface area contributed by atoms with Crippen LogP contribution in [0.1, 0.15) is 37.3 Å². The third-order valence-electron chi connectivity index (χ3n) is 5.62. The molecule has 1 aliphatic rings. The molecule has 1 heterocycles. The number of hydrogen-bond acceptors (Lipinski definition) is 3. The van der Waals surface area contributed by atoms with Crippen LogP contribution in [-0.4, -0.2) is 54.5 Å². The molecule has 3 rings (SSSR count). The molecule has 0 aromatic heterocycles. The highest BCUT2D eigenvalue weighted by Gasteiger charge is 2.19. The Balaban J connectivity index is 1.26. The lowest BCUT2D eigenvalue weighted by Gasteiger charge is -2.36. The van der Waals surface area contributed by atoms with E-state index in [9.17, 15) is 4.79 Å². The summed E-state index contributed by atoms with van der Waals surface area (Å²) in [6, 6.07) is 21.4. The van der Waals surface area contributed by atoms with Gasteiger partial charge in [0, 0.05) is 51.7 Å². The van der Waals surface area contributed by atoms with Gasteiger partial charge in [0.05, 0.1) is 0 Å². The van der Waals surface area contributed by atoms with E-state index in [4.69, 9.17) is 0 Å². The first-order valence-electron chi connectivity index (χ1n) is 11.0. The average molecular weight is 394 g/mol. The van der Waals surface area contributed by atoms with Crippen molar-refractivity contribution < 1.29 is 4.79 Å². The summed E-state index contributed by atoms with van der Waals surface area (Å²) in [5.74, 6) is 0.188. The van der Waals surface area contributed by atoms with E-state index >= 15 is 0 Å². The summed E-state index contributed by atoms with van der Waals surface area (Å²) in [6.45, 7) is 8.43. The Hall–Kier alpha value is -2.17. The number of carbonyl (C=O) groups is 1. The van der Waals surface area contributed by atoms with Crippen molar-refractivity contribution in [3.05, 3.63) is 71.8 Å². The number of amides is 1. The van der Waals surface area contributed by atoms with Gasteiger partial charge >= 0.3 is 0 Å². The molecular formula is C25H35N3O. The topological polar surface area (TPSA) is 35.6 Å². The largest absolute Gasteiger partial charge is 0.352 e. The van der Waals surface area contributed by atoms with E-state index in [1.165, 1.54) is 11.1 Å². The molecular weight excluding hydrogens is 358 g/mol. The summed E-state index contributed by atoms with van der Waals surface area (Å²) in [6.07, 6.45) is 3.69. The van der Waals surface area contributed by atoms with Crippen LogP contribution < -0.4 is 5.32 Å². The smallest absolute Gasteiger partial charge is 0.220 e. The molecule has 0 spiro atoms. The van der Waals surface area contributed by atoms with Gasteiger partial charge < -0.3 is 5.32 Å². The van der Waals surface area contributed by atoms with Crippen LogP contribution in [0.2, 0.25) is 0 Å². The Morgan fingerprint density at radius 1 is 0.862 bits per heavy atom. The minimum absolute atomic E-state index is 0.188. The van der Waals surface area contributed by atoms with Crippen LogP contribution in [-0.2, 0) is 17.8 Å². The minimum atomic E-state index is 0.188. The third kappa shape index (κ3) is 8.00. The van der Waals surface area contributed by atoms with Crippen LogP contribution >= 0.6 is 0 Å². The molecule has 1 fully saturated rings. The zero-order chi connectivity index (χ0) is 20.3. The van der Waals surface area contributed by atoms with E-state index in [0.29, 0.717) is 6.42 Å². The van der Waals surface area contributed by atoms with Crippen molar-refractivity contribution in [2.24, 2.45) is 0 Å². The maximum atomic E-state index is 12.2. The molecule has 0 radical (unpaired) electrons. The molecule has 4 nitrogen and oxygen atoms in total. The second-order valence-corrected chi connectivity index (χ2v) is 8.22. The molecule has 29 heavy (non-hydrogen) atoms. The first-order chi connectivity index (χ1) is 14.2. The molecule has 1 amide bonds. The van der Waals surface area contributed by atoms with Crippen LogP contribution in [0, 0.1) is 0 Å². The van der Waals surface area contributed by atoms with E-state index in [-0.39, 0.29) is 11.9 Å². The molecule has 156 valence electrons. The van der Waals surface area contributed by atoms with E-state index in [0.717, 1.165) is 58.5 Å². The maximum absolute atomic E-state index is 12.2. The Morgan fingerprint density at radius 3 is 2.10 bits per heavy atom. The van der Waals surface area contributed by atoms with Crippen LogP contribution in [0.25, 0.3) is 0 Å². The molecule has 0 unspecified atom stereocenters. The van der Waals surface area contributed by atoms with Crippen molar-refractivity contribution in [2.45, 2.75) is 45.2 Å². The highest BCUT2D eigenvalue weighted by molar-refractivity contribution is 5.76. The number of rotatable bonds is 10. The van der Waals surface area contributed by atoms with Crippen molar-refractivity contribution in [1.82, 2.24) is 15.1 Å². The predicted octanol–water partition coefficient (Wildman–Crippen LogP) is 3.72. The molecule has 4 heteroatoms. The summed E-state index contributed by atoms with van der Waals surface area (Å²) in [4.78, 5) is 17.2. The lowest BCUT2D eigenvalue weighted by molar-refractivity contribution is -0.121. The van der Waals surface area contributed by atoms with Gasteiger partial charge in [-0.2, -0.15) is 0 Å². The molecule has 1 atom stereocenters. The number of hydrogen-bond donors (Lipinski definition) is 1. The van der Waals surface area contributed by atoms with E-state index < -0.39 is 0 Å². The molecule has 0 aliphatic carbocycles. The average Bonchev–Trinajstić information content (AvgIpc) is 2.74. The van der Waals surface area contributed by atoms with Crippen molar-refractivity contribution in [1.29, 1.82) is 0 Å². The van der Waals surface area contributed by atoms with Crippen LogP contribution in [0.5, 0.6) is 0 Å². The number of carbonyl (C=O) groups excluding carboxylic acids is 1. The van der Waals surface area contributed by atoms with Crippen molar-refractivity contribution in [3.63, 3.8) is 0 Å². The molecule has 2 aromatic carbocycles. The monoisotopic (exact) mass is 393 g/mol. The first kappa shape index (κ1) is 21.5. The fourth-order valence-corrected chi connectivity index (χ4v) is 4.01. The van der Waals surface area contributed by atoms with Gasteiger partial charge in [-0.1, -0.05) is 60.7 Å². The SMILES string of the molecule is C[C@@H](CN1CCN(Cc2ccccc2)CC1)NC(=O)CCCCc1ccccc1. The Labute approximate surface area is 175 Å². The van der Waals surface area contributed by atoms with E-state index in [1.807, 2.05) is 6.07 Å². The quantitative estimate of drug-likeness (QED) is 0.625. The second kappa shape index (κ2) is 11.7. The number of unbranched alkanes of at least 4 members (excludes halogenated alkanes) is 1. The molecule has 1 N–H and O–H groups in total. The predicted molar refractivity (Wildman–Crippen MR) is 120 cm³/mol. The number of aryl methyl sites for hydroxylation is 1. The Kier molecular flexibility index (Phi) is 8.72. The lowest BCUT2D eigenvalue weighted by atomic mass is 10.1. The lowest BCUT2D eigenvalue weighted by Crippen LogP contribution is -2.50. The zero-order valence-corrected chi connectivity index (χ0v) is 17.7. The van der Waals surface area contributed by atoms with Gasteiger partial charge in [0.25, 0.3) is 0 Å². The minimum Gasteiger partial charge on any atom is -0.352 e. The third-order valence-corrected chi connectivity index (χ3v) is 5.62. The van der Waals surface area contributed by atoms with Crippen molar-refractivity contribution >= 4 is 5.91 Å². The zero-order valence-electron chi connectivity index (χ0n) is 17.7. The van der Waals surface area contributed by atoms with Gasteiger partial charge in [-0.25, -0.2) is 0 Å². The number of benzene rings is 2. The summed E-state index contributed by atoms with van der Waals surface area (Å²) in [7, 11) is 0. The van der Waals surface area contributed by atoms with Crippen LogP contribution in [0.3, 0.4) is 0 Å². The molecule has 0 saturated carbocycles. The van der Waals surface area contributed by atoms with Gasteiger partial charge in [0.1, 0.15) is 0 Å². The van der Waals surface area contributed by atoms with E-state index in [2.05, 4.69) is 76.6 Å². The highest BCUT2D eigenvalue weighted by atomic mass is 16.1. The summed E-state index contributed by atoms with van der Waals surface area (Å²) in [5.41, 5.74) is 2.74. The van der Waals surface area contributed by atoms with Gasteiger partial charge in [-0.3, -0.25) is 14.6 Å². The Morgan fingerprint density at radius 2 is 1.45 bits per heavy atom. The summed E-state index contributed by atoms with van der Waals surface area (Å²) in [5, 5.41) is 3.18. The second-order valence-electron chi connectivity index (χ2n) is 8.22. The fraction of sp³-hybridized carbons (Fsp3) is 0.480. The molecule has 2 aromatic rings. The standard InChI is InChI=1S/C25H35N3O/c1-22(26-25(29)15-9-8-12-23-10-4-2-5-11-23)20-27-16-18-28(19-17-27)21-24-13-6-3-7-14-24/h2-7,10-11,13-14,22H,8-9,12,15-21H2,1H3,(H,26,29)/t22-/m0/s1. The normalized spacial score (nSPS) is 16.4. The van der Waals surface area contributed by atoms with Crippen LogP contribution in [0.4, 0.5) is 0 Å². The van der Waals surface area contributed by atoms with Gasteiger partial charge in [0.15, 0.2) is 0 Å².